The average molecular weight is 363 g/mol. The zero-order chi connectivity index (χ0) is 18.7. The van der Waals surface area contributed by atoms with Gasteiger partial charge in [-0.3, -0.25) is 9.59 Å². The van der Waals surface area contributed by atoms with Gasteiger partial charge < -0.3 is 15.5 Å². The quantitative estimate of drug-likeness (QED) is 0.882. The fraction of sp³-hybridized carbons (Fsp3) is 0.222. The summed E-state index contributed by atoms with van der Waals surface area (Å²) in [4.78, 5) is 25.8. The van der Waals surface area contributed by atoms with Crippen molar-refractivity contribution in [3.8, 4) is 0 Å². The van der Waals surface area contributed by atoms with Crippen LogP contribution < -0.4 is 15.5 Å². The molecule has 2 aromatic rings. The van der Waals surface area contributed by atoms with Gasteiger partial charge in [0, 0.05) is 18.7 Å². The van der Waals surface area contributed by atoms with Crippen molar-refractivity contribution in [3.05, 3.63) is 59.7 Å². The van der Waals surface area contributed by atoms with Crippen LogP contribution in [0.3, 0.4) is 0 Å². The van der Waals surface area contributed by atoms with Crippen LogP contribution in [0.2, 0.25) is 0 Å². The summed E-state index contributed by atoms with van der Waals surface area (Å²) >= 11 is 0. The van der Waals surface area contributed by atoms with Crippen LogP contribution >= 0.6 is 0 Å². The molecule has 1 fully saturated rings. The minimum absolute atomic E-state index is 0.0917. The maximum atomic E-state index is 12.8. The molecule has 8 heteroatoms. The maximum Gasteiger partial charge on any atom is 0.416 e. The van der Waals surface area contributed by atoms with Gasteiger partial charge in [0.2, 0.25) is 5.91 Å². The van der Waals surface area contributed by atoms with E-state index >= 15 is 0 Å². The summed E-state index contributed by atoms with van der Waals surface area (Å²) in [5.74, 6) is -0.778. The predicted octanol–water partition coefficient (Wildman–Crippen LogP) is 2.89. The lowest BCUT2D eigenvalue weighted by Gasteiger charge is -2.30. The molecule has 3 rings (SSSR count). The Morgan fingerprint density at radius 3 is 2.62 bits per heavy atom. The van der Waals surface area contributed by atoms with Gasteiger partial charge in [0.05, 0.1) is 23.5 Å². The van der Waals surface area contributed by atoms with Crippen molar-refractivity contribution in [2.75, 3.05) is 29.9 Å². The highest BCUT2D eigenvalue weighted by molar-refractivity contribution is 6.06. The van der Waals surface area contributed by atoms with Crippen molar-refractivity contribution >= 4 is 23.2 Å². The number of rotatable bonds is 3. The molecule has 2 N–H and O–H groups in total. The van der Waals surface area contributed by atoms with E-state index in [-0.39, 0.29) is 18.0 Å². The van der Waals surface area contributed by atoms with Gasteiger partial charge in [0.1, 0.15) is 0 Å². The van der Waals surface area contributed by atoms with Gasteiger partial charge in [-0.25, -0.2) is 0 Å². The van der Waals surface area contributed by atoms with Crippen molar-refractivity contribution in [3.63, 3.8) is 0 Å². The normalized spacial score (nSPS) is 14.7. The van der Waals surface area contributed by atoms with Crippen molar-refractivity contribution in [1.29, 1.82) is 0 Å². The predicted molar refractivity (Wildman–Crippen MR) is 91.1 cm³/mol. The largest absolute Gasteiger partial charge is 0.416 e. The Bertz CT molecular complexity index is 836. The number of nitrogens with one attached hydrogen (secondary N) is 2. The number of halogens is 3. The molecule has 1 heterocycles. The van der Waals surface area contributed by atoms with E-state index in [1.54, 1.807) is 29.2 Å². The molecule has 5 nitrogen and oxygen atoms in total. The van der Waals surface area contributed by atoms with Crippen LogP contribution in [0.25, 0.3) is 0 Å². The van der Waals surface area contributed by atoms with E-state index < -0.39 is 17.6 Å². The summed E-state index contributed by atoms with van der Waals surface area (Å²) in [5, 5.41) is 5.35. The topological polar surface area (TPSA) is 61.4 Å². The van der Waals surface area contributed by atoms with E-state index in [9.17, 15) is 22.8 Å². The third-order valence-corrected chi connectivity index (χ3v) is 3.98. The number of carbonyl (C=O) groups is 2. The summed E-state index contributed by atoms with van der Waals surface area (Å²) in [6.07, 6.45) is -4.52. The number of para-hydroxylation sites is 2. The summed E-state index contributed by atoms with van der Waals surface area (Å²) in [6.45, 7) is 1.20. The fourth-order valence-corrected chi connectivity index (χ4v) is 2.73. The lowest BCUT2D eigenvalue weighted by Crippen LogP contribution is -2.47. The van der Waals surface area contributed by atoms with E-state index in [4.69, 9.17) is 0 Å². The van der Waals surface area contributed by atoms with Crippen molar-refractivity contribution in [2.45, 2.75) is 6.18 Å². The summed E-state index contributed by atoms with van der Waals surface area (Å²) in [7, 11) is 0. The monoisotopic (exact) mass is 363 g/mol. The van der Waals surface area contributed by atoms with Crippen LogP contribution in [0, 0.1) is 0 Å². The van der Waals surface area contributed by atoms with Gasteiger partial charge in [-0.15, -0.1) is 0 Å². The number of alkyl halides is 3. The molecule has 0 bridgehead atoms. The minimum Gasteiger partial charge on any atom is -0.359 e. The van der Waals surface area contributed by atoms with Gasteiger partial charge in [-0.1, -0.05) is 18.2 Å². The van der Waals surface area contributed by atoms with Gasteiger partial charge in [-0.05, 0) is 30.3 Å². The highest BCUT2D eigenvalue weighted by atomic mass is 19.4. The minimum atomic E-state index is -4.52. The first-order valence-electron chi connectivity index (χ1n) is 7.94. The molecule has 136 valence electrons. The summed E-state index contributed by atoms with van der Waals surface area (Å²) in [6, 6.07) is 11.1. The van der Waals surface area contributed by atoms with Gasteiger partial charge in [0.25, 0.3) is 5.91 Å². The molecule has 0 aromatic heterocycles. The first-order valence-corrected chi connectivity index (χ1v) is 7.94. The number of hydrogen-bond acceptors (Lipinski definition) is 3. The zero-order valence-electron chi connectivity index (χ0n) is 13.6. The number of amides is 2. The first kappa shape index (κ1) is 17.8. The number of anilines is 2. The number of carbonyl (C=O) groups excluding carboxylic acids is 2. The third kappa shape index (κ3) is 3.96. The Balaban J connectivity index is 1.83. The molecular formula is C18H16F3N3O2. The van der Waals surface area contributed by atoms with Gasteiger partial charge >= 0.3 is 6.18 Å². The highest BCUT2D eigenvalue weighted by Crippen LogP contribution is 2.30. The molecule has 0 aliphatic carbocycles. The van der Waals surface area contributed by atoms with Crippen molar-refractivity contribution in [1.82, 2.24) is 5.32 Å². The van der Waals surface area contributed by atoms with Crippen LogP contribution in [-0.4, -0.2) is 31.4 Å². The Morgan fingerprint density at radius 2 is 1.88 bits per heavy atom. The SMILES string of the molecule is O=C1CN(c2ccccc2NC(=O)c2cccc(C(F)(F)F)c2)CCN1. The smallest absolute Gasteiger partial charge is 0.359 e. The molecule has 26 heavy (non-hydrogen) atoms. The molecule has 0 saturated carbocycles. The Hall–Kier alpha value is -3.03. The van der Waals surface area contributed by atoms with Crippen LogP contribution in [0.5, 0.6) is 0 Å². The second kappa shape index (κ2) is 7.07. The molecule has 1 aliphatic rings. The second-order valence-corrected chi connectivity index (χ2v) is 5.82. The Kier molecular flexibility index (Phi) is 4.83. The second-order valence-electron chi connectivity index (χ2n) is 5.82. The van der Waals surface area contributed by atoms with E-state index in [0.717, 1.165) is 12.1 Å². The van der Waals surface area contributed by atoms with E-state index in [2.05, 4.69) is 10.6 Å². The van der Waals surface area contributed by atoms with Crippen molar-refractivity contribution < 1.29 is 22.8 Å². The lowest BCUT2D eigenvalue weighted by molar-refractivity contribution is -0.137. The lowest BCUT2D eigenvalue weighted by atomic mass is 10.1. The summed E-state index contributed by atoms with van der Waals surface area (Å²) < 4.78 is 38.5. The molecule has 0 radical (unpaired) electrons. The van der Waals surface area contributed by atoms with Crippen LogP contribution in [-0.2, 0) is 11.0 Å². The Labute approximate surface area is 147 Å². The van der Waals surface area contributed by atoms with E-state index in [0.29, 0.717) is 24.5 Å². The molecule has 0 unspecified atom stereocenters. The van der Waals surface area contributed by atoms with Gasteiger partial charge in [-0.2, -0.15) is 13.2 Å². The van der Waals surface area contributed by atoms with E-state index in [1.807, 2.05) is 0 Å². The highest BCUT2D eigenvalue weighted by Gasteiger charge is 2.31. The van der Waals surface area contributed by atoms with Gasteiger partial charge in [0.15, 0.2) is 0 Å². The standard InChI is InChI=1S/C18H16F3N3O2/c19-18(20,21)13-5-3-4-12(10-13)17(26)23-14-6-1-2-7-15(14)24-9-8-22-16(25)11-24/h1-7,10H,8-9,11H2,(H,22,25)(H,23,26). The molecule has 0 spiro atoms. The molecule has 1 aliphatic heterocycles. The average Bonchev–Trinajstić information content (AvgIpc) is 2.61. The molecule has 0 atom stereocenters. The van der Waals surface area contributed by atoms with Crippen LogP contribution in [0.4, 0.5) is 24.5 Å². The third-order valence-electron chi connectivity index (χ3n) is 3.98. The molecule has 2 aromatic carbocycles. The first-order chi connectivity index (χ1) is 12.3. The fourth-order valence-electron chi connectivity index (χ4n) is 2.73. The van der Waals surface area contributed by atoms with Crippen LogP contribution in [0.15, 0.2) is 48.5 Å². The summed E-state index contributed by atoms with van der Waals surface area (Å²) in [5.41, 5.74) is 0.101. The molecule has 2 amide bonds. The van der Waals surface area contributed by atoms with E-state index in [1.165, 1.54) is 12.1 Å². The number of benzene rings is 2. The van der Waals surface area contributed by atoms with Crippen molar-refractivity contribution in [2.24, 2.45) is 0 Å². The molecular weight excluding hydrogens is 347 g/mol. The number of nitrogens with zero attached hydrogens (tertiary/aromatic N) is 1. The number of piperazine rings is 1. The van der Waals surface area contributed by atoms with Crippen LogP contribution in [0.1, 0.15) is 15.9 Å². The zero-order valence-corrected chi connectivity index (χ0v) is 13.6. The molecule has 1 saturated heterocycles. The Morgan fingerprint density at radius 1 is 1.12 bits per heavy atom. The maximum absolute atomic E-state index is 12.8. The number of hydrogen-bond donors (Lipinski definition) is 2.